The van der Waals surface area contributed by atoms with E-state index >= 15 is 0 Å². The van der Waals surface area contributed by atoms with Gasteiger partial charge in [-0.15, -0.1) is 10.2 Å². The van der Waals surface area contributed by atoms with Crippen molar-refractivity contribution in [3.63, 3.8) is 0 Å². The molecule has 8 nitrogen and oxygen atoms in total. The summed E-state index contributed by atoms with van der Waals surface area (Å²) in [5, 5.41) is 14.6. The molecule has 0 amide bonds. The second-order valence-electron chi connectivity index (χ2n) is 5.96. The number of carbonyl (C=O) groups is 1. The molecule has 25 heavy (non-hydrogen) atoms. The predicted molar refractivity (Wildman–Crippen MR) is 91.1 cm³/mol. The van der Waals surface area contributed by atoms with Crippen LogP contribution in [0.25, 0.3) is 11.1 Å². The van der Waals surface area contributed by atoms with Crippen molar-refractivity contribution >= 4 is 17.6 Å². The van der Waals surface area contributed by atoms with Gasteiger partial charge in [0.05, 0.1) is 0 Å². The summed E-state index contributed by atoms with van der Waals surface area (Å²) >= 11 is 0. The van der Waals surface area contributed by atoms with Crippen molar-refractivity contribution in [2.75, 3.05) is 19.6 Å². The van der Waals surface area contributed by atoms with Gasteiger partial charge in [0, 0.05) is 25.6 Å². The van der Waals surface area contributed by atoms with Crippen LogP contribution in [-0.4, -0.2) is 55.9 Å². The zero-order valence-corrected chi connectivity index (χ0v) is 13.9. The van der Waals surface area contributed by atoms with Crippen LogP contribution >= 0.6 is 0 Å². The first-order valence-corrected chi connectivity index (χ1v) is 8.28. The fourth-order valence-corrected chi connectivity index (χ4v) is 3.12. The zero-order valence-electron chi connectivity index (χ0n) is 13.9. The molecule has 1 fully saturated rings. The second-order valence-corrected chi connectivity index (χ2v) is 5.96. The highest BCUT2D eigenvalue weighted by molar-refractivity contribution is 5.72. The number of carboxylic acid groups (broad SMARTS) is 1. The van der Waals surface area contributed by atoms with Crippen molar-refractivity contribution in [1.82, 2.24) is 24.6 Å². The number of fused-ring (bicyclic) bond motifs is 1. The summed E-state index contributed by atoms with van der Waals surface area (Å²) in [7, 11) is 0. The summed E-state index contributed by atoms with van der Waals surface area (Å²) in [4.78, 5) is 15.5. The average Bonchev–Trinajstić information content (AvgIpc) is 3.30. The molecule has 0 saturated carbocycles. The largest absolute Gasteiger partial charge is 0.483 e. The van der Waals surface area contributed by atoms with Crippen molar-refractivity contribution in [2.45, 2.75) is 25.3 Å². The molecule has 0 spiro atoms. The van der Waals surface area contributed by atoms with Crippen molar-refractivity contribution < 1.29 is 14.3 Å². The van der Waals surface area contributed by atoms with E-state index in [-0.39, 0.29) is 6.47 Å². The molecular formula is C17H21N5O3. The summed E-state index contributed by atoms with van der Waals surface area (Å²) in [6.07, 6.45) is 5.87. The van der Waals surface area contributed by atoms with Crippen LogP contribution in [0.5, 0.6) is 0 Å². The fraction of sp³-hybridized carbons (Fsp3) is 0.412. The number of oxazole rings is 1. The van der Waals surface area contributed by atoms with E-state index in [0.717, 1.165) is 49.6 Å². The lowest BCUT2D eigenvalue weighted by molar-refractivity contribution is -0.122. The maximum Gasteiger partial charge on any atom is 0.290 e. The van der Waals surface area contributed by atoms with Crippen molar-refractivity contribution in [1.29, 1.82) is 0 Å². The van der Waals surface area contributed by atoms with E-state index in [9.17, 15) is 0 Å². The molecule has 0 bridgehead atoms. The Kier molecular flexibility index (Phi) is 5.73. The summed E-state index contributed by atoms with van der Waals surface area (Å²) in [5.74, 6) is 1.28. The SMILES string of the molecule is O=CO.c1ccc2oc(C3CCCN(CCn4cnnc4)C3)nc2c1. The van der Waals surface area contributed by atoms with Crippen LogP contribution in [-0.2, 0) is 11.3 Å². The van der Waals surface area contributed by atoms with Crippen LogP contribution in [0.3, 0.4) is 0 Å². The Morgan fingerprint density at radius 1 is 1.24 bits per heavy atom. The minimum atomic E-state index is -0.250. The van der Waals surface area contributed by atoms with Gasteiger partial charge in [0.15, 0.2) is 11.5 Å². The average molecular weight is 343 g/mol. The van der Waals surface area contributed by atoms with E-state index in [4.69, 9.17) is 14.3 Å². The Bertz CT molecular complexity index is 754. The zero-order chi connectivity index (χ0) is 17.5. The maximum absolute atomic E-state index is 8.36. The third-order valence-electron chi connectivity index (χ3n) is 4.31. The predicted octanol–water partition coefficient (Wildman–Crippen LogP) is 2.00. The van der Waals surface area contributed by atoms with Crippen LogP contribution in [0.15, 0.2) is 41.3 Å². The van der Waals surface area contributed by atoms with Crippen molar-refractivity contribution in [2.24, 2.45) is 0 Å². The highest BCUT2D eigenvalue weighted by Gasteiger charge is 2.25. The number of nitrogens with zero attached hydrogens (tertiary/aromatic N) is 5. The Balaban J connectivity index is 0.000000569. The normalized spacial score (nSPS) is 17.8. The van der Waals surface area contributed by atoms with Gasteiger partial charge in [-0.2, -0.15) is 0 Å². The van der Waals surface area contributed by atoms with Gasteiger partial charge in [0.25, 0.3) is 6.47 Å². The van der Waals surface area contributed by atoms with Gasteiger partial charge in [-0.1, -0.05) is 12.1 Å². The quantitative estimate of drug-likeness (QED) is 0.724. The monoisotopic (exact) mass is 343 g/mol. The number of hydrogen-bond donors (Lipinski definition) is 1. The molecule has 1 unspecified atom stereocenters. The van der Waals surface area contributed by atoms with Gasteiger partial charge in [-0.3, -0.25) is 4.79 Å². The molecule has 1 aliphatic rings. The standard InChI is InChI=1S/C16H19N5O.CH2O2/c1-2-6-15-14(5-1)19-16(22-15)13-4-3-7-20(10-13)8-9-21-11-17-18-12-21;2-1-3/h1-2,5-6,11-13H,3-4,7-10H2;1H,(H,2,3). The molecule has 132 valence electrons. The lowest BCUT2D eigenvalue weighted by Gasteiger charge is -2.31. The van der Waals surface area contributed by atoms with E-state index < -0.39 is 0 Å². The van der Waals surface area contributed by atoms with Crippen LogP contribution in [0, 0.1) is 0 Å². The Hall–Kier alpha value is -2.74. The second kappa shape index (κ2) is 8.39. The molecule has 0 radical (unpaired) electrons. The number of piperidine rings is 1. The molecular weight excluding hydrogens is 322 g/mol. The first kappa shape index (κ1) is 17.1. The van der Waals surface area contributed by atoms with E-state index in [0.29, 0.717) is 5.92 Å². The van der Waals surface area contributed by atoms with Crippen LogP contribution in [0.4, 0.5) is 0 Å². The van der Waals surface area contributed by atoms with E-state index in [1.807, 2.05) is 28.8 Å². The number of likely N-dealkylation sites (tertiary alicyclic amines) is 1. The Morgan fingerprint density at radius 2 is 2.00 bits per heavy atom. The van der Waals surface area contributed by atoms with Crippen molar-refractivity contribution in [3.05, 3.63) is 42.8 Å². The third-order valence-corrected chi connectivity index (χ3v) is 4.31. The number of rotatable bonds is 4. The lowest BCUT2D eigenvalue weighted by Crippen LogP contribution is -2.36. The lowest BCUT2D eigenvalue weighted by atomic mass is 9.98. The minimum absolute atomic E-state index is 0.250. The van der Waals surface area contributed by atoms with Crippen LogP contribution < -0.4 is 0 Å². The van der Waals surface area contributed by atoms with Gasteiger partial charge in [0.2, 0.25) is 0 Å². The summed E-state index contributed by atoms with van der Waals surface area (Å²) < 4.78 is 7.96. The molecule has 0 aliphatic carbocycles. The number of para-hydroxylation sites is 2. The van der Waals surface area contributed by atoms with Crippen LogP contribution in [0.1, 0.15) is 24.7 Å². The number of hydrogen-bond acceptors (Lipinski definition) is 6. The molecule has 3 aromatic rings. The smallest absolute Gasteiger partial charge is 0.290 e. The van der Waals surface area contributed by atoms with Gasteiger partial charge in [-0.25, -0.2) is 4.98 Å². The molecule has 8 heteroatoms. The molecule has 3 heterocycles. The van der Waals surface area contributed by atoms with Crippen molar-refractivity contribution in [3.8, 4) is 0 Å². The molecule has 2 aromatic heterocycles. The molecule has 4 rings (SSSR count). The van der Waals surface area contributed by atoms with Gasteiger partial charge in [0.1, 0.15) is 18.2 Å². The summed E-state index contributed by atoms with van der Waals surface area (Å²) in [6.45, 7) is 3.83. The van der Waals surface area contributed by atoms with Gasteiger partial charge in [-0.05, 0) is 31.5 Å². The van der Waals surface area contributed by atoms with E-state index in [1.54, 1.807) is 12.7 Å². The molecule has 1 saturated heterocycles. The van der Waals surface area contributed by atoms with E-state index in [2.05, 4.69) is 20.1 Å². The summed E-state index contributed by atoms with van der Waals surface area (Å²) in [5.41, 5.74) is 1.85. The maximum atomic E-state index is 8.36. The Labute approximate surface area is 145 Å². The first-order valence-electron chi connectivity index (χ1n) is 8.28. The van der Waals surface area contributed by atoms with Gasteiger partial charge < -0.3 is 19.0 Å². The topological polar surface area (TPSA) is 97.3 Å². The molecule has 1 N–H and O–H groups in total. The molecule has 1 aliphatic heterocycles. The van der Waals surface area contributed by atoms with Gasteiger partial charge >= 0.3 is 0 Å². The molecule has 1 atom stereocenters. The minimum Gasteiger partial charge on any atom is -0.483 e. The first-order chi connectivity index (χ1) is 12.3. The summed E-state index contributed by atoms with van der Waals surface area (Å²) in [6, 6.07) is 7.98. The van der Waals surface area contributed by atoms with Crippen LogP contribution in [0.2, 0.25) is 0 Å². The van der Waals surface area contributed by atoms with E-state index in [1.165, 1.54) is 6.42 Å². The highest BCUT2D eigenvalue weighted by Crippen LogP contribution is 2.28. The number of aromatic nitrogens is 4. The third kappa shape index (κ3) is 4.42. The highest BCUT2D eigenvalue weighted by atomic mass is 16.4. The number of benzene rings is 1. The fourth-order valence-electron chi connectivity index (χ4n) is 3.12. The Morgan fingerprint density at radius 3 is 2.76 bits per heavy atom. The molecule has 1 aromatic carbocycles.